The summed E-state index contributed by atoms with van der Waals surface area (Å²) < 4.78 is 5.68. The molecule has 0 saturated carbocycles. The largest absolute Gasteiger partial charge is 0.426 e. The molecule has 2 rings (SSSR count). The minimum absolute atomic E-state index is 0.000629. The van der Waals surface area contributed by atoms with E-state index in [4.69, 9.17) is 0 Å². The van der Waals surface area contributed by atoms with Crippen LogP contribution in [0.25, 0.3) is 0 Å². The number of hydrogen-bond donors (Lipinski definition) is 2. The van der Waals surface area contributed by atoms with Crippen LogP contribution in [0.15, 0.2) is 45.8 Å². The Hall–Kier alpha value is -2.37. The van der Waals surface area contributed by atoms with Crippen molar-refractivity contribution in [1.82, 2.24) is 5.27 Å². The number of nitrogens with zero attached hydrogens (tertiary/aromatic N) is 1. The van der Waals surface area contributed by atoms with Gasteiger partial charge in [0.25, 0.3) is 18.6 Å². The molecule has 16 heavy (non-hydrogen) atoms. The Morgan fingerprint density at radius 3 is 2.75 bits per heavy atom. The lowest BCUT2D eigenvalue weighted by Gasteiger charge is -2.00. The van der Waals surface area contributed by atoms with Gasteiger partial charge in [-0.2, -0.15) is 0 Å². The second-order valence-electron chi connectivity index (χ2n) is 3.18. The number of aromatic nitrogens is 2. The average molecular weight is 220 g/mol. The molecule has 6 heteroatoms. The van der Waals surface area contributed by atoms with Crippen molar-refractivity contribution < 1.29 is 14.0 Å². The predicted molar refractivity (Wildman–Crippen MR) is 54.6 cm³/mol. The first kappa shape index (κ1) is 10.2. The van der Waals surface area contributed by atoms with Crippen molar-refractivity contribution in [3.8, 4) is 0 Å². The average Bonchev–Trinajstić information content (AvgIpc) is 2.65. The smallest absolute Gasteiger partial charge is 0.321 e. The molecule has 1 amide bonds. The third-order valence-corrected chi connectivity index (χ3v) is 1.90. The quantitative estimate of drug-likeness (QED) is 0.708. The summed E-state index contributed by atoms with van der Waals surface area (Å²) >= 11 is 0. The SMILES string of the molecule is O=C(C[n+]1cc(=O)o[nH]1)Nc1ccccc1. The summed E-state index contributed by atoms with van der Waals surface area (Å²) in [7, 11) is 0. The zero-order valence-corrected chi connectivity index (χ0v) is 8.34. The number of H-pyrrole nitrogens is 1. The summed E-state index contributed by atoms with van der Waals surface area (Å²) in [4.78, 5) is 22.2. The van der Waals surface area contributed by atoms with E-state index >= 15 is 0 Å². The lowest BCUT2D eigenvalue weighted by atomic mass is 10.3. The zero-order chi connectivity index (χ0) is 11.4. The van der Waals surface area contributed by atoms with Crippen LogP contribution in [-0.4, -0.2) is 11.2 Å². The van der Waals surface area contributed by atoms with Gasteiger partial charge in [0.1, 0.15) is 0 Å². The standard InChI is InChI=1S/C10H9N3O3/c14-9(6-13-7-10(15)16-12-13)11-8-4-2-1-3-5-8/h1-5,7H,6H2,(H-,11,12,14,15)/p+1. The number of nitrogens with one attached hydrogen (secondary N) is 2. The number of hydrogen-bond acceptors (Lipinski definition) is 3. The summed E-state index contributed by atoms with van der Waals surface area (Å²) in [6.45, 7) is 0.000629. The summed E-state index contributed by atoms with van der Waals surface area (Å²) in [5, 5.41) is 4.97. The maximum Gasteiger partial charge on any atom is 0.426 e. The lowest BCUT2D eigenvalue weighted by Crippen LogP contribution is -2.41. The van der Waals surface area contributed by atoms with Gasteiger partial charge in [0, 0.05) is 5.69 Å². The molecule has 0 unspecified atom stereocenters. The molecule has 2 N–H and O–H groups in total. The second-order valence-corrected chi connectivity index (χ2v) is 3.18. The fraction of sp³-hybridized carbons (Fsp3) is 0.100. The van der Waals surface area contributed by atoms with Crippen molar-refractivity contribution in [3.05, 3.63) is 46.9 Å². The molecule has 0 bridgehead atoms. The molecule has 2 aromatic rings. The van der Waals surface area contributed by atoms with E-state index in [1.807, 2.05) is 18.2 Å². The van der Waals surface area contributed by atoms with Gasteiger partial charge in [-0.05, 0) is 17.4 Å². The molecule has 0 saturated heterocycles. The topological polar surface area (TPSA) is 79.0 Å². The Morgan fingerprint density at radius 2 is 2.12 bits per heavy atom. The van der Waals surface area contributed by atoms with Crippen LogP contribution >= 0.6 is 0 Å². The Kier molecular flexibility index (Phi) is 2.81. The van der Waals surface area contributed by atoms with Gasteiger partial charge in [-0.25, -0.2) is 4.79 Å². The first-order valence-corrected chi connectivity index (χ1v) is 4.67. The van der Waals surface area contributed by atoms with Crippen molar-refractivity contribution in [2.24, 2.45) is 0 Å². The van der Waals surface area contributed by atoms with Crippen LogP contribution < -0.4 is 15.6 Å². The number of benzene rings is 1. The van der Waals surface area contributed by atoms with Gasteiger partial charge in [-0.15, -0.1) is 0 Å². The first-order valence-electron chi connectivity index (χ1n) is 4.67. The molecule has 1 heterocycles. The third kappa shape index (κ3) is 2.57. The third-order valence-electron chi connectivity index (χ3n) is 1.90. The summed E-state index contributed by atoms with van der Waals surface area (Å²) in [5.41, 5.74) is 0.187. The van der Waals surface area contributed by atoms with Gasteiger partial charge >= 0.3 is 5.63 Å². The van der Waals surface area contributed by atoms with Crippen molar-refractivity contribution in [1.29, 1.82) is 0 Å². The molecule has 6 nitrogen and oxygen atoms in total. The maximum atomic E-state index is 11.5. The minimum Gasteiger partial charge on any atom is -0.321 e. The highest BCUT2D eigenvalue weighted by Crippen LogP contribution is 2.03. The van der Waals surface area contributed by atoms with Crippen molar-refractivity contribution >= 4 is 11.6 Å². The Morgan fingerprint density at radius 1 is 1.38 bits per heavy atom. The fourth-order valence-corrected chi connectivity index (χ4v) is 1.24. The lowest BCUT2D eigenvalue weighted by molar-refractivity contribution is -0.750. The fourth-order valence-electron chi connectivity index (χ4n) is 1.24. The summed E-state index contributed by atoms with van der Waals surface area (Å²) in [6, 6.07) is 9.06. The van der Waals surface area contributed by atoms with Crippen LogP contribution in [-0.2, 0) is 11.3 Å². The molecular formula is C10H10N3O3+. The summed E-state index contributed by atoms with van der Waals surface area (Å²) in [5.74, 6) is -0.242. The van der Waals surface area contributed by atoms with Crippen LogP contribution in [0.2, 0.25) is 0 Å². The summed E-state index contributed by atoms with van der Waals surface area (Å²) in [6.07, 6.45) is 1.17. The van der Waals surface area contributed by atoms with E-state index in [1.54, 1.807) is 12.1 Å². The van der Waals surface area contributed by atoms with Crippen molar-refractivity contribution in [3.63, 3.8) is 0 Å². The van der Waals surface area contributed by atoms with E-state index < -0.39 is 5.63 Å². The molecule has 82 valence electrons. The Labute approximate surface area is 90.5 Å². The van der Waals surface area contributed by atoms with Gasteiger partial charge in [-0.1, -0.05) is 22.9 Å². The second kappa shape index (κ2) is 4.43. The van der Waals surface area contributed by atoms with Gasteiger partial charge < -0.3 is 5.32 Å². The van der Waals surface area contributed by atoms with Crippen LogP contribution in [0.3, 0.4) is 0 Å². The molecule has 0 atom stereocenters. The maximum absolute atomic E-state index is 11.5. The molecular weight excluding hydrogens is 210 g/mol. The molecule has 0 radical (unpaired) electrons. The van der Waals surface area contributed by atoms with Crippen molar-refractivity contribution in [2.75, 3.05) is 5.32 Å². The van der Waals surface area contributed by atoms with E-state index in [-0.39, 0.29) is 12.5 Å². The highest BCUT2D eigenvalue weighted by molar-refractivity contribution is 5.89. The zero-order valence-electron chi connectivity index (χ0n) is 8.34. The predicted octanol–water partition coefficient (Wildman–Crippen LogP) is -0.106. The van der Waals surface area contributed by atoms with E-state index in [2.05, 4.69) is 15.1 Å². The highest BCUT2D eigenvalue weighted by atomic mass is 16.5. The van der Waals surface area contributed by atoms with Gasteiger partial charge in [-0.3, -0.25) is 9.32 Å². The molecule has 1 aromatic heterocycles. The molecule has 1 aromatic carbocycles. The van der Waals surface area contributed by atoms with Crippen LogP contribution in [0.4, 0.5) is 5.69 Å². The molecule has 0 fully saturated rings. The molecule has 0 aliphatic heterocycles. The van der Waals surface area contributed by atoms with E-state index in [1.165, 1.54) is 10.9 Å². The molecule has 0 aliphatic carbocycles. The Bertz CT molecular complexity index is 529. The van der Waals surface area contributed by atoms with Gasteiger partial charge in [0.2, 0.25) is 0 Å². The normalized spacial score (nSPS) is 10.0. The van der Waals surface area contributed by atoms with Crippen LogP contribution in [0.1, 0.15) is 0 Å². The number of rotatable bonds is 3. The number of carbonyl (C=O) groups excluding carboxylic acids is 1. The number of anilines is 1. The van der Waals surface area contributed by atoms with E-state index in [0.717, 1.165) is 0 Å². The number of carbonyl (C=O) groups is 1. The van der Waals surface area contributed by atoms with Gasteiger partial charge in [0.15, 0.2) is 0 Å². The number of aromatic amines is 1. The van der Waals surface area contributed by atoms with E-state index in [0.29, 0.717) is 5.69 Å². The van der Waals surface area contributed by atoms with Gasteiger partial charge in [0.05, 0.1) is 0 Å². The minimum atomic E-state index is -0.521. The van der Waals surface area contributed by atoms with Crippen molar-refractivity contribution in [2.45, 2.75) is 6.54 Å². The first-order chi connectivity index (χ1) is 7.74. The number of amides is 1. The van der Waals surface area contributed by atoms with Crippen LogP contribution in [0, 0.1) is 0 Å². The molecule has 0 spiro atoms. The Balaban J connectivity index is 1.97. The number of para-hydroxylation sites is 1. The monoisotopic (exact) mass is 220 g/mol. The molecule has 0 aliphatic rings. The van der Waals surface area contributed by atoms with E-state index in [9.17, 15) is 9.59 Å². The highest BCUT2D eigenvalue weighted by Gasteiger charge is 2.12. The van der Waals surface area contributed by atoms with Crippen LogP contribution in [0.5, 0.6) is 0 Å².